The standard InChI is InChI=1S/C15H24N2O3S/c1-15(2,3)12-8-16-14(21-9-13(18)19)17(12)10-5-6-11(7-10)20-4/h8,10-11H,5-7,9H2,1-4H3,(H,18,19). The molecule has 1 fully saturated rings. The van der Waals surface area contributed by atoms with Crippen molar-refractivity contribution in [3.8, 4) is 0 Å². The number of nitrogens with zero attached hydrogens (tertiary/aromatic N) is 2. The SMILES string of the molecule is COC1CCC(n2c(C(C)(C)C)cnc2SCC(=O)O)C1. The van der Waals surface area contributed by atoms with Gasteiger partial charge in [0, 0.05) is 30.5 Å². The highest BCUT2D eigenvalue weighted by molar-refractivity contribution is 7.99. The van der Waals surface area contributed by atoms with Crippen LogP contribution in [0.5, 0.6) is 0 Å². The summed E-state index contributed by atoms with van der Waals surface area (Å²) in [5.41, 5.74) is 1.15. The number of rotatable bonds is 5. The largest absolute Gasteiger partial charge is 0.481 e. The molecule has 1 aromatic heterocycles. The highest BCUT2D eigenvalue weighted by Gasteiger charge is 2.32. The third-order valence-electron chi connectivity index (χ3n) is 3.91. The van der Waals surface area contributed by atoms with Gasteiger partial charge in [-0.3, -0.25) is 4.79 Å². The minimum Gasteiger partial charge on any atom is -0.481 e. The molecule has 6 heteroatoms. The zero-order valence-electron chi connectivity index (χ0n) is 13.1. The van der Waals surface area contributed by atoms with E-state index >= 15 is 0 Å². The first-order valence-corrected chi connectivity index (χ1v) is 8.26. The summed E-state index contributed by atoms with van der Waals surface area (Å²) in [4.78, 5) is 15.3. The van der Waals surface area contributed by atoms with Gasteiger partial charge in [-0.05, 0) is 19.3 Å². The number of imidazole rings is 1. The summed E-state index contributed by atoms with van der Waals surface area (Å²) >= 11 is 1.30. The number of hydrogen-bond acceptors (Lipinski definition) is 4. The molecule has 1 heterocycles. The molecule has 0 aliphatic heterocycles. The van der Waals surface area contributed by atoms with Gasteiger partial charge in [-0.15, -0.1) is 0 Å². The van der Waals surface area contributed by atoms with Gasteiger partial charge in [0.15, 0.2) is 5.16 Å². The molecule has 2 rings (SSSR count). The van der Waals surface area contributed by atoms with Crippen LogP contribution in [0.2, 0.25) is 0 Å². The molecule has 2 unspecified atom stereocenters. The van der Waals surface area contributed by atoms with Crippen molar-refractivity contribution >= 4 is 17.7 Å². The number of carboxylic acids is 1. The summed E-state index contributed by atoms with van der Waals surface area (Å²) < 4.78 is 7.71. The highest BCUT2D eigenvalue weighted by atomic mass is 32.2. The molecule has 0 saturated heterocycles. The van der Waals surface area contributed by atoms with E-state index in [1.807, 2.05) is 6.20 Å². The fourth-order valence-electron chi connectivity index (χ4n) is 2.85. The molecule has 1 saturated carbocycles. The maximum Gasteiger partial charge on any atom is 0.313 e. The summed E-state index contributed by atoms with van der Waals surface area (Å²) in [5.74, 6) is -0.769. The third kappa shape index (κ3) is 3.80. The highest BCUT2D eigenvalue weighted by Crippen LogP contribution is 2.38. The first kappa shape index (κ1) is 16.4. The molecular weight excluding hydrogens is 288 g/mol. The van der Waals surface area contributed by atoms with Crippen molar-refractivity contribution in [1.82, 2.24) is 9.55 Å². The summed E-state index contributed by atoms with van der Waals surface area (Å²) in [6, 6.07) is 0.350. The number of methoxy groups -OCH3 is 1. The van der Waals surface area contributed by atoms with Crippen LogP contribution in [0, 0.1) is 0 Å². The van der Waals surface area contributed by atoms with E-state index in [1.54, 1.807) is 7.11 Å². The molecule has 5 nitrogen and oxygen atoms in total. The zero-order valence-corrected chi connectivity index (χ0v) is 13.9. The molecule has 1 N–H and O–H groups in total. The van der Waals surface area contributed by atoms with Gasteiger partial charge in [0.25, 0.3) is 0 Å². The Labute approximate surface area is 130 Å². The second-order valence-electron chi connectivity index (χ2n) is 6.55. The van der Waals surface area contributed by atoms with Gasteiger partial charge in [0.05, 0.1) is 11.9 Å². The maximum atomic E-state index is 10.8. The number of aromatic nitrogens is 2. The lowest BCUT2D eigenvalue weighted by molar-refractivity contribution is -0.133. The van der Waals surface area contributed by atoms with E-state index in [-0.39, 0.29) is 11.2 Å². The molecule has 21 heavy (non-hydrogen) atoms. The van der Waals surface area contributed by atoms with Crippen molar-refractivity contribution in [3.63, 3.8) is 0 Å². The first-order chi connectivity index (χ1) is 9.82. The minimum absolute atomic E-state index is 0.0137. The molecule has 0 bridgehead atoms. The second-order valence-corrected chi connectivity index (χ2v) is 7.50. The van der Waals surface area contributed by atoms with Crippen molar-refractivity contribution in [2.24, 2.45) is 0 Å². The lowest BCUT2D eigenvalue weighted by Crippen LogP contribution is -2.21. The van der Waals surface area contributed by atoms with Crippen LogP contribution in [0.3, 0.4) is 0 Å². The number of thioether (sulfide) groups is 1. The second kappa shape index (κ2) is 6.40. The number of carbonyl (C=O) groups is 1. The summed E-state index contributed by atoms with van der Waals surface area (Å²) in [6.07, 6.45) is 5.26. The van der Waals surface area contributed by atoms with E-state index in [9.17, 15) is 4.79 Å². The topological polar surface area (TPSA) is 64.4 Å². The number of aliphatic carboxylic acids is 1. The Bertz CT molecular complexity index is 508. The summed E-state index contributed by atoms with van der Waals surface area (Å²) in [5, 5.41) is 9.71. The Morgan fingerprint density at radius 2 is 2.24 bits per heavy atom. The van der Waals surface area contributed by atoms with Crippen LogP contribution in [0.25, 0.3) is 0 Å². The normalized spacial score (nSPS) is 22.7. The van der Waals surface area contributed by atoms with E-state index in [4.69, 9.17) is 9.84 Å². The lowest BCUT2D eigenvalue weighted by atomic mass is 9.92. The number of carboxylic acid groups (broad SMARTS) is 1. The van der Waals surface area contributed by atoms with Gasteiger partial charge in [0.2, 0.25) is 0 Å². The fourth-order valence-corrected chi connectivity index (χ4v) is 3.62. The van der Waals surface area contributed by atoms with Crippen molar-refractivity contribution in [1.29, 1.82) is 0 Å². The summed E-state index contributed by atoms with van der Waals surface area (Å²) in [7, 11) is 1.76. The van der Waals surface area contributed by atoms with Gasteiger partial charge in [-0.25, -0.2) is 4.98 Å². The van der Waals surface area contributed by atoms with Crippen LogP contribution in [-0.4, -0.2) is 39.6 Å². The van der Waals surface area contributed by atoms with Gasteiger partial charge in [0.1, 0.15) is 0 Å². The van der Waals surface area contributed by atoms with Crippen LogP contribution in [0.1, 0.15) is 51.8 Å². The monoisotopic (exact) mass is 312 g/mol. The molecule has 0 aromatic carbocycles. The first-order valence-electron chi connectivity index (χ1n) is 7.28. The molecule has 1 aliphatic carbocycles. The van der Waals surface area contributed by atoms with Gasteiger partial charge in [-0.1, -0.05) is 32.5 Å². The average Bonchev–Trinajstić information content (AvgIpc) is 3.01. The Kier molecular flexibility index (Phi) is 4.99. The van der Waals surface area contributed by atoms with E-state index in [0.717, 1.165) is 30.1 Å². The van der Waals surface area contributed by atoms with E-state index in [2.05, 4.69) is 30.3 Å². The molecule has 0 spiro atoms. The Morgan fingerprint density at radius 1 is 1.52 bits per heavy atom. The van der Waals surface area contributed by atoms with Crippen molar-refractivity contribution < 1.29 is 14.6 Å². The van der Waals surface area contributed by atoms with E-state index in [0.29, 0.717) is 12.1 Å². The predicted molar refractivity (Wildman–Crippen MR) is 83.0 cm³/mol. The van der Waals surface area contributed by atoms with E-state index < -0.39 is 5.97 Å². The van der Waals surface area contributed by atoms with Crippen LogP contribution < -0.4 is 0 Å². The third-order valence-corrected chi connectivity index (χ3v) is 4.86. The van der Waals surface area contributed by atoms with Crippen LogP contribution in [0.4, 0.5) is 0 Å². The molecule has 0 radical (unpaired) electrons. The Balaban J connectivity index is 2.30. The maximum absolute atomic E-state index is 10.8. The number of ether oxygens (including phenoxy) is 1. The van der Waals surface area contributed by atoms with Crippen molar-refractivity contribution in [2.45, 2.75) is 62.8 Å². The fraction of sp³-hybridized carbons (Fsp3) is 0.733. The quantitative estimate of drug-likeness (QED) is 0.846. The molecule has 0 amide bonds. The van der Waals surface area contributed by atoms with Crippen molar-refractivity contribution in [3.05, 3.63) is 11.9 Å². The Morgan fingerprint density at radius 3 is 2.76 bits per heavy atom. The van der Waals surface area contributed by atoms with Crippen LogP contribution in [-0.2, 0) is 14.9 Å². The molecule has 1 aromatic rings. The predicted octanol–water partition coefficient (Wildman–Crippen LogP) is 3.10. The lowest BCUT2D eigenvalue weighted by Gasteiger charge is -2.25. The number of hydrogen-bond donors (Lipinski definition) is 1. The van der Waals surface area contributed by atoms with Crippen LogP contribution in [0.15, 0.2) is 11.4 Å². The smallest absolute Gasteiger partial charge is 0.313 e. The van der Waals surface area contributed by atoms with E-state index in [1.165, 1.54) is 11.8 Å². The van der Waals surface area contributed by atoms with Crippen LogP contribution >= 0.6 is 11.8 Å². The zero-order chi connectivity index (χ0) is 15.6. The van der Waals surface area contributed by atoms with Gasteiger partial charge < -0.3 is 14.4 Å². The average molecular weight is 312 g/mol. The summed E-state index contributed by atoms with van der Waals surface area (Å²) in [6.45, 7) is 6.48. The molecular formula is C15H24N2O3S. The van der Waals surface area contributed by atoms with Crippen molar-refractivity contribution in [2.75, 3.05) is 12.9 Å². The molecule has 118 valence electrons. The molecule has 1 aliphatic rings. The Hall–Kier alpha value is -1.01. The minimum atomic E-state index is -0.812. The molecule has 2 atom stereocenters. The van der Waals surface area contributed by atoms with Gasteiger partial charge >= 0.3 is 5.97 Å². The van der Waals surface area contributed by atoms with Gasteiger partial charge in [-0.2, -0.15) is 0 Å².